The molecule has 2 N–H and O–H groups in total. The molecule has 1 aromatic rings. The van der Waals surface area contributed by atoms with E-state index >= 15 is 0 Å². The maximum absolute atomic E-state index is 11.5. The first-order valence-electron chi connectivity index (χ1n) is 2.93. The quantitative estimate of drug-likeness (QED) is 0.661. The highest BCUT2D eigenvalue weighted by Gasteiger charge is 2.07. The molecule has 0 aliphatic carbocycles. The van der Waals surface area contributed by atoms with Crippen molar-refractivity contribution in [2.24, 2.45) is 0 Å². The largest absolute Gasteiger partial charge is 0.415 e. The molecule has 1 heterocycles. The molecule has 0 saturated carbocycles. The molecule has 0 aromatic carbocycles. The molecule has 1 rings (SSSR count). The Morgan fingerprint density at radius 1 is 1.75 bits per heavy atom. The number of nitrogens with one attached hydrogen (secondary N) is 2. The number of hydrogen-bond donors (Lipinski definition) is 2. The first-order valence-corrected chi connectivity index (χ1v) is 2.93. The summed E-state index contributed by atoms with van der Waals surface area (Å²) in [5, 5.41) is 7.77. The Balaban J connectivity index is 2.57. The van der Waals surface area contributed by atoms with E-state index < -0.39 is 6.61 Å². The number of carbonyl (C=O) groups is 1. The van der Waals surface area contributed by atoms with Crippen LogP contribution in [0.25, 0.3) is 0 Å². The Morgan fingerprint density at radius 3 is 3.08 bits per heavy atom. The molecule has 0 atom stereocenters. The second-order valence-corrected chi connectivity index (χ2v) is 1.76. The number of halogens is 2. The molecule has 0 aliphatic rings. The summed E-state index contributed by atoms with van der Waals surface area (Å²) in [7, 11) is 0. The maximum Gasteiger partial charge on any atom is 0.388 e. The number of alkyl halides is 2. The lowest BCUT2D eigenvalue weighted by atomic mass is 10.6. The predicted octanol–water partition coefficient (Wildman–Crippen LogP) is 0.579. The number of carbonyl (C=O) groups excluding carboxylic acids is 1. The van der Waals surface area contributed by atoms with Gasteiger partial charge in [-0.25, -0.2) is 0 Å². The fraction of sp³-hybridized carbons (Fsp3) is 0.200. The number of hydrogen-bond acceptors (Lipinski definition) is 3. The van der Waals surface area contributed by atoms with Gasteiger partial charge in [-0.2, -0.15) is 8.78 Å². The Hall–Kier alpha value is -1.66. The standard InChI is InChI=1S/C5H5F2N3O2/c6-5(7)12-4-1-3(8-2-11)9-10-4/h1-2,5H,(H2,8,9,10,11). The smallest absolute Gasteiger partial charge is 0.388 e. The average molecular weight is 177 g/mol. The van der Waals surface area contributed by atoms with E-state index in [1.54, 1.807) is 0 Å². The third kappa shape index (κ3) is 2.19. The van der Waals surface area contributed by atoms with Crippen LogP contribution in [0.1, 0.15) is 0 Å². The van der Waals surface area contributed by atoms with Gasteiger partial charge in [0.1, 0.15) is 5.82 Å². The molecule has 1 aromatic heterocycles. The molecule has 0 fully saturated rings. The second-order valence-electron chi connectivity index (χ2n) is 1.76. The van der Waals surface area contributed by atoms with Crippen LogP contribution < -0.4 is 10.1 Å². The molecule has 0 unspecified atom stereocenters. The highest BCUT2D eigenvalue weighted by molar-refractivity contribution is 5.68. The van der Waals surface area contributed by atoms with Crippen LogP contribution in [0.2, 0.25) is 0 Å². The minimum Gasteiger partial charge on any atom is -0.415 e. The Bertz CT molecular complexity index is 263. The lowest BCUT2D eigenvalue weighted by molar-refractivity contribution is -0.105. The van der Waals surface area contributed by atoms with Gasteiger partial charge in [0.15, 0.2) is 0 Å². The van der Waals surface area contributed by atoms with E-state index in [0.29, 0.717) is 6.41 Å². The van der Waals surface area contributed by atoms with E-state index in [1.807, 2.05) is 0 Å². The van der Waals surface area contributed by atoms with E-state index in [-0.39, 0.29) is 11.7 Å². The summed E-state index contributed by atoms with van der Waals surface area (Å²) in [6.45, 7) is -2.92. The van der Waals surface area contributed by atoms with Crippen molar-refractivity contribution < 1.29 is 18.3 Å². The molecule has 7 heteroatoms. The molecular formula is C5H5F2N3O2. The van der Waals surface area contributed by atoms with Gasteiger partial charge in [0, 0.05) is 6.07 Å². The van der Waals surface area contributed by atoms with Gasteiger partial charge in [-0.3, -0.25) is 9.89 Å². The molecule has 0 saturated heterocycles. The first kappa shape index (κ1) is 8.44. The maximum atomic E-state index is 11.5. The molecule has 1 amide bonds. The van der Waals surface area contributed by atoms with E-state index in [2.05, 4.69) is 20.3 Å². The van der Waals surface area contributed by atoms with Gasteiger partial charge in [0.2, 0.25) is 12.3 Å². The number of anilines is 1. The van der Waals surface area contributed by atoms with Gasteiger partial charge in [0.05, 0.1) is 0 Å². The number of ether oxygens (including phenoxy) is 1. The topological polar surface area (TPSA) is 67.0 Å². The fourth-order valence-electron chi connectivity index (χ4n) is 0.592. The zero-order valence-electron chi connectivity index (χ0n) is 5.75. The van der Waals surface area contributed by atoms with Crippen molar-refractivity contribution in [1.29, 1.82) is 0 Å². The number of nitrogens with zero attached hydrogens (tertiary/aromatic N) is 1. The van der Waals surface area contributed by atoms with Gasteiger partial charge in [-0.15, -0.1) is 5.10 Å². The zero-order valence-corrected chi connectivity index (χ0v) is 5.75. The van der Waals surface area contributed by atoms with E-state index in [1.165, 1.54) is 0 Å². The van der Waals surface area contributed by atoms with Gasteiger partial charge < -0.3 is 10.1 Å². The Labute approximate surface area is 65.7 Å². The third-order valence-electron chi connectivity index (χ3n) is 0.979. The van der Waals surface area contributed by atoms with Crippen LogP contribution in [0.4, 0.5) is 14.6 Å². The van der Waals surface area contributed by atoms with Crippen LogP contribution in [0.15, 0.2) is 6.07 Å². The minimum atomic E-state index is -2.92. The summed E-state index contributed by atoms with van der Waals surface area (Å²) in [6, 6.07) is 1.14. The fourth-order valence-corrected chi connectivity index (χ4v) is 0.592. The number of H-pyrrole nitrogens is 1. The summed E-state index contributed by atoms with van der Waals surface area (Å²) in [6.07, 6.45) is 0.389. The predicted molar refractivity (Wildman–Crippen MR) is 34.9 cm³/mol. The zero-order chi connectivity index (χ0) is 8.97. The van der Waals surface area contributed by atoms with Crippen molar-refractivity contribution in [2.45, 2.75) is 6.61 Å². The first-order chi connectivity index (χ1) is 5.72. The van der Waals surface area contributed by atoms with Crippen molar-refractivity contribution >= 4 is 12.2 Å². The van der Waals surface area contributed by atoms with Crippen molar-refractivity contribution in [3.8, 4) is 5.88 Å². The summed E-state index contributed by atoms with van der Waals surface area (Å²) in [5.41, 5.74) is 0. The Kier molecular flexibility index (Phi) is 2.57. The SMILES string of the molecule is O=CNc1cc(OC(F)F)n[nH]1. The number of aromatic nitrogens is 2. The molecule has 66 valence electrons. The van der Waals surface area contributed by atoms with Crippen LogP contribution in [0, 0.1) is 0 Å². The van der Waals surface area contributed by atoms with Crippen LogP contribution in [-0.2, 0) is 4.79 Å². The van der Waals surface area contributed by atoms with Crippen molar-refractivity contribution in [2.75, 3.05) is 5.32 Å². The van der Waals surface area contributed by atoms with Crippen molar-refractivity contribution in [1.82, 2.24) is 10.2 Å². The van der Waals surface area contributed by atoms with E-state index in [0.717, 1.165) is 6.07 Å². The lowest BCUT2D eigenvalue weighted by Gasteiger charge is -1.96. The summed E-state index contributed by atoms with van der Waals surface area (Å²) in [5.74, 6) is -0.0741. The van der Waals surface area contributed by atoms with Gasteiger partial charge in [-0.1, -0.05) is 0 Å². The summed E-state index contributed by atoms with van der Waals surface area (Å²) in [4.78, 5) is 9.86. The highest BCUT2D eigenvalue weighted by Crippen LogP contribution is 2.13. The monoisotopic (exact) mass is 177 g/mol. The van der Waals surface area contributed by atoms with Crippen LogP contribution in [-0.4, -0.2) is 23.2 Å². The van der Waals surface area contributed by atoms with Gasteiger partial charge in [-0.05, 0) is 0 Å². The number of rotatable bonds is 4. The number of amides is 1. The highest BCUT2D eigenvalue weighted by atomic mass is 19.3. The lowest BCUT2D eigenvalue weighted by Crippen LogP contribution is -2.01. The van der Waals surface area contributed by atoms with E-state index in [4.69, 9.17) is 0 Å². The van der Waals surface area contributed by atoms with Crippen LogP contribution in [0.5, 0.6) is 5.88 Å². The van der Waals surface area contributed by atoms with Crippen molar-refractivity contribution in [3.05, 3.63) is 6.07 Å². The average Bonchev–Trinajstić information content (AvgIpc) is 2.36. The number of aromatic amines is 1. The van der Waals surface area contributed by atoms with Crippen LogP contribution in [0.3, 0.4) is 0 Å². The molecule has 0 aliphatic heterocycles. The second kappa shape index (κ2) is 3.65. The van der Waals surface area contributed by atoms with Gasteiger partial charge in [0.25, 0.3) is 0 Å². The van der Waals surface area contributed by atoms with E-state index in [9.17, 15) is 13.6 Å². The normalized spacial score (nSPS) is 9.92. The molecule has 12 heavy (non-hydrogen) atoms. The van der Waals surface area contributed by atoms with Gasteiger partial charge >= 0.3 is 6.61 Å². The molecule has 0 bridgehead atoms. The molecule has 0 radical (unpaired) electrons. The summed E-state index contributed by atoms with van der Waals surface area (Å²) < 4.78 is 27.0. The summed E-state index contributed by atoms with van der Waals surface area (Å²) >= 11 is 0. The van der Waals surface area contributed by atoms with Crippen LogP contribution >= 0.6 is 0 Å². The van der Waals surface area contributed by atoms with Crippen molar-refractivity contribution in [3.63, 3.8) is 0 Å². The Morgan fingerprint density at radius 2 is 2.50 bits per heavy atom. The molecule has 0 spiro atoms. The third-order valence-corrected chi connectivity index (χ3v) is 0.979. The minimum absolute atomic E-state index is 0.195. The molecular weight excluding hydrogens is 172 g/mol. The molecule has 5 nitrogen and oxygen atoms in total.